The summed E-state index contributed by atoms with van der Waals surface area (Å²) in [6.45, 7) is 6.76. The fraction of sp³-hybridized carbons (Fsp3) is 0.389. The highest BCUT2D eigenvalue weighted by atomic mass is 32.1. The molecule has 1 amide bonds. The number of aryl methyl sites for hydroxylation is 1. The number of ether oxygens (including phenoxy) is 1. The minimum atomic E-state index is -0.580. The van der Waals surface area contributed by atoms with Crippen LogP contribution < -0.4 is 16.8 Å². The number of primary amides is 1. The van der Waals surface area contributed by atoms with Crippen molar-refractivity contribution in [1.29, 1.82) is 0 Å². The predicted molar refractivity (Wildman–Crippen MR) is 109 cm³/mol. The molecule has 10 heteroatoms. The summed E-state index contributed by atoms with van der Waals surface area (Å²) in [5, 5.41) is 3.85. The number of nitrogens with two attached hydrogens (primary N) is 2. The highest BCUT2D eigenvalue weighted by Crippen LogP contribution is 2.39. The number of aromatic nitrogens is 2. The van der Waals surface area contributed by atoms with Gasteiger partial charge in [-0.25, -0.2) is 9.97 Å². The zero-order chi connectivity index (χ0) is 19.7. The van der Waals surface area contributed by atoms with Crippen molar-refractivity contribution >= 4 is 39.1 Å². The van der Waals surface area contributed by atoms with E-state index < -0.39 is 5.91 Å². The lowest BCUT2D eigenvalue weighted by molar-refractivity contribution is 0.0398. The van der Waals surface area contributed by atoms with E-state index in [9.17, 15) is 4.79 Å². The SMILES string of the molecule is Cc1ccc(-c2nc(NCCN3CCOCC3)nc3sc(C(N)=O)c(N)c23)o1. The number of hydrogen-bond acceptors (Lipinski definition) is 9. The molecular formula is C18H22N6O3S. The molecule has 0 aromatic carbocycles. The molecule has 0 radical (unpaired) electrons. The minimum Gasteiger partial charge on any atom is -0.460 e. The van der Waals surface area contributed by atoms with E-state index in [0.29, 0.717) is 34.2 Å². The standard InChI is InChI=1S/C18H22N6O3S/c1-10-2-3-11(27-10)14-12-13(19)15(16(20)25)28-17(12)23-18(22-14)21-4-5-24-6-8-26-9-7-24/h2-3H,4-9,19H2,1H3,(H2,20,25)(H,21,22,23). The number of anilines is 2. The third-order valence-corrected chi connectivity index (χ3v) is 5.71. The minimum absolute atomic E-state index is 0.277. The van der Waals surface area contributed by atoms with Gasteiger partial charge in [-0.05, 0) is 19.1 Å². The summed E-state index contributed by atoms with van der Waals surface area (Å²) in [5.74, 6) is 1.21. The van der Waals surface area contributed by atoms with Crippen molar-refractivity contribution in [2.45, 2.75) is 6.92 Å². The van der Waals surface area contributed by atoms with Crippen molar-refractivity contribution in [3.05, 3.63) is 22.8 Å². The first-order chi connectivity index (χ1) is 13.5. The lowest BCUT2D eigenvalue weighted by atomic mass is 10.2. The van der Waals surface area contributed by atoms with Crippen LogP contribution >= 0.6 is 11.3 Å². The molecule has 0 unspecified atom stereocenters. The van der Waals surface area contributed by atoms with Gasteiger partial charge in [0.1, 0.15) is 21.2 Å². The Balaban J connectivity index is 1.66. The van der Waals surface area contributed by atoms with Crippen molar-refractivity contribution in [1.82, 2.24) is 14.9 Å². The molecule has 1 aliphatic rings. The molecule has 0 saturated carbocycles. The summed E-state index contributed by atoms with van der Waals surface area (Å²) in [4.78, 5) is 24.1. The topological polar surface area (TPSA) is 133 Å². The monoisotopic (exact) mass is 402 g/mol. The van der Waals surface area contributed by atoms with E-state index in [0.717, 1.165) is 49.9 Å². The van der Waals surface area contributed by atoms with Gasteiger partial charge in [0.15, 0.2) is 5.76 Å². The molecule has 3 aromatic heterocycles. The second kappa shape index (κ2) is 7.74. The van der Waals surface area contributed by atoms with Crippen LogP contribution in [0.5, 0.6) is 0 Å². The van der Waals surface area contributed by atoms with Gasteiger partial charge in [-0.3, -0.25) is 9.69 Å². The summed E-state index contributed by atoms with van der Waals surface area (Å²) < 4.78 is 11.1. The molecule has 5 N–H and O–H groups in total. The summed E-state index contributed by atoms with van der Waals surface area (Å²) in [6, 6.07) is 3.68. The van der Waals surface area contributed by atoms with Crippen molar-refractivity contribution in [2.75, 3.05) is 50.4 Å². The number of furan rings is 1. The summed E-state index contributed by atoms with van der Waals surface area (Å²) in [6.07, 6.45) is 0. The fourth-order valence-electron chi connectivity index (χ4n) is 3.17. The Bertz CT molecular complexity index is 1010. The quantitative estimate of drug-likeness (QED) is 0.567. The molecule has 1 aliphatic heterocycles. The first-order valence-corrected chi connectivity index (χ1v) is 9.85. The molecule has 28 heavy (non-hydrogen) atoms. The average molecular weight is 402 g/mol. The Kier molecular flexibility index (Phi) is 5.16. The third-order valence-electron chi connectivity index (χ3n) is 4.60. The van der Waals surface area contributed by atoms with Crippen LogP contribution in [0.2, 0.25) is 0 Å². The number of rotatable bonds is 6. The molecule has 0 aliphatic carbocycles. The Hall–Kier alpha value is -2.69. The molecule has 0 bridgehead atoms. The molecule has 9 nitrogen and oxygen atoms in total. The number of nitrogens with one attached hydrogen (secondary N) is 1. The number of carbonyl (C=O) groups is 1. The van der Waals surface area contributed by atoms with Crippen molar-refractivity contribution < 1.29 is 13.9 Å². The maximum atomic E-state index is 11.7. The summed E-state index contributed by atoms with van der Waals surface area (Å²) >= 11 is 1.16. The van der Waals surface area contributed by atoms with Crippen LogP contribution in [0, 0.1) is 6.92 Å². The molecule has 3 aromatic rings. The van der Waals surface area contributed by atoms with Crippen molar-refractivity contribution in [3.8, 4) is 11.5 Å². The number of carbonyl (C=O) groups excluding carboxylic acids is 1. The van der Waals surface area contributed by atoms with E-state index in [2.05, 4.69) is 20.2 Å². The molecule has 4 heterocycles. The van der Waals surface area contributed by atoms with E-state index >= 15 is 0 Å². The van der Waals surface area contributed by atoms with Gasteiger partial charge in [0.2, 0.25) is 5.95 Å². The number of morpholine rings is 1. The van der Waals surface area contributed by atoms with Gasteiger partial charge in [0.05, 0.1) is 24.3 Å². The maximum Gasteiger partial charge on any atom is 0.260 e. The summed E-state index contributed by atoms with van der Waals surface area (Å²) in [7, 11) is 0. The Morgan fingerprint density at radius 1 is 1.32 bits per heavy atom. The summed E-state index contributed by atoms with van der Waals surface area (Å²) in [5.41, 5.74) is 12.5. The lowest BCUT2D eigenvalue weighted by Gasteiger charge is -2.26. The fourth-order valence-corrected chi connectivity index (χ4v) is 4.12. The van der Waals surface area contributed by atoms with E-state index in [1.54, 1.807) is 0 Å². The van der Waals surface area contributed by atoms with Gasteiger partial charge in [-0.15, -0.1) is 11.3 Å². The maximum absolute atomic E-state index is 11.7. The average Bonchev–Trinajstić information content (AvgIpc) is 3.26. The zero-order valence-electron chi connectivity index (χ0n) is 15.5. The lowest BCUT2D eigenvalue weighted by Crippen LogP contribution is -2.39. The first kappa shape index (κ1) is 18.7. The highest BCUT2D eigenvalue weighted by Gasteiger charge is 2.22. The van der Waals surface area contributed by atoms with Gasteiger partial charge >= 0.3 is 0 Å². The zero-order valence-corrected chi connectivity index (χ0v) is 16.3. The van der Waals surface area contributed by atoms with Crippen LogP contribution in [0.1, 0.15) is 15.4 Å². The van der Waals surface area contributed by atoms with Crippen LogP contribution in [-0.4, -0.2) is 60.2 Å². The van der Waals surface area contributed by atoms with E-state index in [-0.39, 0.29) is 10.6 Å². The smallest absolute Gasteiger partial charge is 0.260 e. The number of thiophene rings is 1. The van der Waals surface area contributed by atoms with Gasteiger partial charge in [-0.1, -0.05) is 0 Å². The van der Waals surface area contributed by atoms with E-state index in [1.165, 1.54) is 0 Å². The Labute approximate surface area is 165 Å². The van der Waals surface area contributed by atoms with Gasteiger partial charge in [0, 0.05) is 26.2 Å². The largest absolute Gasteiger partial charge is 0.460 e. The second-order valence-electron chi connectivity index (χ2n) is 6.58. The molecule has 1 fully saturated rings. The molecule has 0 atom stereocenters. The number of hydrogen-bond donors (Lipinski definition) is 3. The molecule has 148 valence electrons. The van der Waals surface area contributed by atoms with Crippen molar-refractivity contribution in [3.63, 3.8) is 0 Å². The van der Waals surface area contributed by atoms with Crippen molar-refractivity contribution in [2.24, 2.45) is 5.73 Å². The molecule has 4 rings (SSSR count). The highest BCUT2D eigenvalue weighted by molar-refractivity contribution is 7.21. The van der Waals surface area contributed by atoms with E-state index in [1.807, 2.05) is 19.1 Å². The number of nitrogen functional groups attached to an aromatic ring is 1. The Morgan fingerprint density at radius 3 is 2.79 bits per heavy atom. The number of fused-ring (bicyclic) bond motifs is 1. The van der Waals surface area contributed by atoms with Crippen LogP contribution in [0.4, 0.5) is 11.6 Å². The third kappa shape index (κ3) is 3.66. The van der Waals surface area contributed by atoms with E-state index in [4.69, 9.17) is 20.6 Å². The second-order valence-corrected chi connectivity index (χ2v) is 7.58. The number of amides is 1. The first-order valence-electron chi connectivity index (χ1n) is 9.03. The van der Waals surface area contributed by atoms with Crippen LogP contribution in [0.3, 0.4) is 0 Å². The molecule has 1 saturated heterocycles. The molecular weight excluding hydrogens is 380 g/mol. The van der Waals surface area contributed by atoms with Crippen LogP contribution in [0.25, 0.3) is 21.7 Å². The molecule has 0 spiro atoms. The van der Waals surface area contributed by atoms with Gasteiger partial charge < -0.3 is 25.9 Å². The predicted octanol–water partition coefficient (Wildman–Crippen LogP) is 1.68. The van der Waals surface area contributed by atoms with Crippen LogP contribution in [-0.2, 0) is 4.74 Å². The van der Waals surface area contributed by atoms with Gasteiger partial charge in [-0.2, -0.15) is 0 Å². The Morgan fingerprint density at radius 2 is 2.11 bits per heavy atom. The van der Waals surface area contributed by atoms with Crippen LogP contribution in [0.15, 0.2) is 16.5 Å². The van der Waals surface area contributed by atoms with Gasteiger partial charge in [0.25, 0.3) is 5.91 Å². The number of nitrogens with zero attached hydrogens (tertiary/aromatic N) is 3. The normalized spacial score (nSPS) is 15.2.